The first kappa shape index (κ1) is 15.6. The number of rotatable bonds is 6. The monoisotopic (exact) mass is 303 g/mol. The fourth-order valence-corrected chi connectivity index (χ4v) is 2.60. The van der Waals surface area contributed by atoms with E-state index in [0.29, 0.717) is 18.7 Å². The summed E-state index contributed by atoms with van der Waals surface area (Å²) in [6, 6.07) is 14.5. The van der Waals surface area contributed by atoms with Crippen LogP contribution in [-0.4, -0.2) is 18.2 Å². The average molecular weight is 303 g/mol. The Bertz CT molecular complexity index is 598. The molecule has 1 N–H and O–H groups in total. The van der Waals surface area contributed by atoms with Crippen LogP contribution < -0.4 is 5.32 Å². The maximum Gasteiger partial charge on any atom is 0.230 e. The van der Waals surface area contributed by atoms with Gasteiger partial charge in [0.1, 0.15) is 5.82 Å². The summed E-state index contributed by atoms with van der Waals surface area (Å²) in [5.41, 5.74) is 2.10. The number of thioether (sulfide) groups is 1. The van der Waals surface area contributed by atoms with Gasteiger partial charge in [-0.25, -0.2) is 4.39 Å². The van der Waals surface area contributed by atoms with Crippen molar-refractivity contribution in [1.82, 2.24) is 5.32 Å². The lowest BCUT2D eigenvalue weighted by Gasteiger charge is -2.06. The SMILES string of the molecule is Cc1ccc(SCC(=O)NCCc2cccc(F)c2)cc1. The Balaban J connectivity index is 1.69. The third-order valence-electron chi connectivity index (χ3n) is 3.02. The Kier molecular flexibility index (Phi) is 5.81. The lowest BCUT2D eigenvalue weighted by atomic mass is 10.1. The van der Waals surface area contributed by atoms with Gasteiger partial charge in [0.25, 0.3) is 0 Å². The van der Waals surface area contributed by atoms with E-state index >= 15 is 0 Å². The van der Waals surface area contributed by atoms with E-state index in [-0.39, 0.29) is 11.7 Å². The molecule has 0 saturated carbocycles. The predicted octanol–water partition coefficient (Wildman–Crippen LogP) is 3.59. The second-order valence-corrected chi connectivity index (χ2v) is 5.88. The smallest absolute Gasteiger partial charge is 0.230 e. The molecular formula is C17H18FNOS. The molecule has 0 aliphatic rings. The molecule has 4 heteroatoms. The Hall–Kier alpha value is -1.81. The minimum atomic E-state index is -0.242. The van der Waals surface area contributed by atoms with Crippen molar-refractivity contribution >= 4 is 17.7 Å². The number of aryl methyl sites for hydroxylation is 1. The first-order valence-electron chi connectivity index (χ1n) is 6.84. The molecule has 0 bridgehead atoms. The Labute approximate surface area is 128 Å². The van der Waals surface area contributed by atoms with Gasteiger partial charge < -0.3 is 5.32 Å². The molecule has 2 rings (SSSR count). The minimum absolute atomic E-state index is 0.00280. The van der Waals surface area contributed by atoms with E-state index in [1.165, 1.54) is 29.5 Å². The van der Waals surface area contributed by atoms with Crippen molar-refractivity contribution in [3.8, 4) is 0 Å². The lowest BCUT2D eigenvalue weighted by Crippen LogP contribution is -2.27. The lowest BCUT2D eigenvalue weighted by molar-refractivity contribution is -0.118. The summed E-state index contributed by atoms with van der Waals surface area (Å²) >= 11 is 1.51. The molecule has 2 aromatic rings. The van der Waals surface area contributed by atoms with E-state index in [1.807, 2.05) is 37.3 Å². The molecule has 2 nitrogen and oxygen atoms in total. The molecule has 0 radical (unpaired) electrons. The highest BCUT2D eigenvalue weighted by Gasteiger charge is 2.03. The van der Waals surface area contributed by atoms with Crippen molar-refractivity contribution in [1.29, 1.82) is 0 Å². The molecular weight excluding hydrogens is 285 g/mol. The van der Waals surface area contributed by atoms with Gasteiger partial charge in [0, 0.05) is 11.4 Å². The Morgan fingerprint density at radius 1 is 1.19 bits per heavy atom. The number of hydrogen-bond acceptors (Lipinski definition) is 2. The molecule has 0 spiro atoms. The fourth-order valence-electron chi connectivity index (χ4n) is 1.87. The van der Waals surface area contributed by atoms with Crippen molar-refractivity contribution in [3.05, 3.63) is 65.5 Å². The molecule has 21 heavy (non-hydrogen) atoms. The number of carbonyl (C=O) groups excluding carboxylic acids is 1. The minimum Gasteiger partial charge on any atom is -0.355 e. The molecule has 0 saturated heterocycles. The number of nitrogens with one attached hydrogen (secondary N) is 1. The number of hydrogen-bond donors (Lipinski definition) is 1. The Morgan fingerprint density at radius 3 is 2.67 bits per heavy atom. The fraction of sp³-hybridized carbons (Fsp3) is 0.235. The van der Waals surface area contributed by atoms with E-state index < -0.39 is 0 Å². The summed E-state index contributed by atoms with van der Waals surface area (Å²) in [7, 11) is 0. The van der Waals surface area contributed by atoms with Crippen molar-refractivity contribution in [2.24, 2.45) is 0 Å². The Morgan fingerprint density at radius 2 is 1.95 bits per heavy atom. The summed E-state index contributed by atoms with van der Waals surface area (Å²) in [4.78, 5) is 12.8. The van der Waals surface area contributed by atoms with E-state index in [4.69, 9.17) is 0 Å². The highest BCUT2D eigenvalue weighted by atomic mass is 32.2. The molecule has 0 unspecified atom stereocenters. The van der Waals surface area contributed by atoms with Crippen molar-refractivity contribution < 1.29 is 9.18 Å². The van der Waals surface area contributed by atoms with Crippen LogP contribution in [0.5, 0.6) is 0 Å². The highest BCUT2D eigenvalue weighted by molar-refractivity contribution is 8.00. The molecule has 0 heterocycles. The second kappa shape index (κ2) is 7.84. The van der Waals surface area contributed by atoms with Crippen molar-refractivity contribution in [2.45, 2.75) is 18.2 Å². The summed E-state index contributed by atoms with van der Waals surface area (Å²) in [5, 5.41) is 2.85. The van der Waals surface area contributed by atoms with Gasteiger partial charge in [0.15, 0.2) is 0 Å². The topological polar surface area (TPSA) is 29.1 Å². The molecule has 0 fully saturated rings. The predicted molar refractivity (Wildman–Crippen MR) is 85.0 cm³/mol. The van der Waals surface area contributed by atoms with Crippen LogP contribution >= 0.6 is 11.8 Å². The highest BCUT2D eigenvalue weighted by Crippen LogP contribution is 2.17. The normalized spacial score (nSPS) is 10.4. The van der Waals surface area contributed by atoms with Gasteiger partial charge in [0.2, 0.25) is 5.91 Å². The van der Waals surface area contributed by atoms with Crippen LogP contribution in [0, 0.1) is 12.7 Å². The van der Waals surface area contributed by atoms with E-state index in [9.17, 15) is 9.18 Å². The third-order valence-corrected chi connectivity index (χ3v) is 4.03. The standard InChI is InChI=1S/C17H18FNOS/c1-13-5-7-16(8-6-13)21-12-17(20)19-10-9-14-3-2-4-15(18)11-14/h2-8,11H,9-10,12H2,1H3,(H,19,20). The second-order valence-electron chi connectivity index (χ2n) is 4.83. The quantitative estimate of drug-likeness (QED) is 0.826. The maximum absolute atomic E-state index is 13.0. The van der Waals surface area contributed by atoms with Crippen LogP contribution in [0.15, 0.2) is 53.4 Å². The van der Waals surface area contributed by atoms with E-state index in [1.54, 1.807) is 6.07 Å². The van der Waals surface area contributed by atoms with Crippen LogP contribution in [0.25, 0.3) is 0 Å². The maximum atomic E-state index is 13.0. The van der Waals surface area contributed by atoms with E-state index in [2.05, 4.69) is 5.32 Å². The number of amides is 1. The first-order valence-corrected chi connectivity index (χ1v) is 7.82. The van der Waals surface area contributed by atoms with Crippen molar-refractivity contribution in [3.63, 3.8) is 0 Å². The van der Waals surface area contributed by atoms with Gasteiger partial charge in [-0.3, -0.25) is 4.79 Å². The summed E-state index contributed by atoms with van der Waals surface area (Å²) in [6.45, 7) is 2.56. The largest absolute Gasteiger partial charge is 0.355 e. The zero-order valence-corrected chi connectivity index (χ0v) is 12.8. The molecule has 0 aromatic heterocycles. The van der Waals surface area contributed by atoms with E-state index in [0.717, 1.165) is 10.5 Å². The first-order chi connectivity index (χ1) is 10.1. The summed E-state index contributed by atoms with van der Waals surface area (Å²) < 4.78 is 13.0. The molecule has 0 aliphatic carbocycles. The molecule has 0 atom stereocenters. The van der Waals surface area contributed by atoms with Crippen LogP contribution in [0.4, 0.5) is 4.39 Å². The van der Waals surface area contributed by atoms with Crippen LogP contribution in [0.2, 0.25) is 0 Å². The zero-order valence-electron chi connectivity index (χ0n) is 11.9. The third kappa shape index (κ3) is 5.60. The zero-order chi connectivity index (χ0) is 15.1. The van der Waals surface area contributed by atoms with Gasteiger partial charge >= 0.3 is 0 Å². The van der Waals surface area contributed by atoms with Crippen LogP contribution in [0.3, 0.4) is 0 Å². The summed E-state index contributed by atoms with van der Waals surface area (Å²) in [6.07, 6.45) is 0.638. The van der Waals surface area contributed by atoms with Gasteiger partial charge in [0.05, 0.1) is 5.75 Å². The van der Waals surface area contributed by atoms with Crippen LogP contribution in [0.1, 0.15) is 11.1 Å². The van der Waals surface area contributed by atoms with Gasteiger partial charge in [-0.2, -0.15) is 0 Å². The van der Waals surface area contributed by atoms with Gasteiger partial charge in [-0.1, -0.05) is 29.8 Å². The number of halogens is 1. The average Bonchev–Trinajstić information content (AvgIpc) is 2.47. The van der Waals surface area contributed by atoms with Gasteiger partial charge in [-0.05, 0) is 43.2 Å². The van der Waals surface area contributed by atoms with Gasteiger partial charge in [-0.15, -0.1) is 11.8 Å². The molecule has 2 aromatic carbocycles. The summed E-state index contributed by atoms with van der Waals surface area (Å²) in [5.74, 6) is 0.150. The molecule has 0 aliphatic heterocycles. The molecule has 1 amide bonds. The van der Waals surface area contributed by atoms with Crippen molar-refractivity contribution in [2.75, 3.05) is 12.3 Å². The number of benzene rings is 2. The molecule has 110 valence electrons. The number of carbonyl (C=O) groups is 1. The van der Waals surface area contributed by atoms with Crippen LogP contribution in [-0.2, 0) is 11.2 Å².